The fourth-order valence-corrected chi connectivity index (χ4v) is 1.10. The number of hydrogen-bond donors (Lipinski definition) is 3. The van der Waals surface area contributed by atoms with Crippen LogP contribution in [0.25, 0.3) is 0 Å². The third kappa shape index (κ3) is 13.4. The summed E-state index contributed by atoms with van der Waals surface area (Å²) in [6.45, 7) is 11.5. The van der Waals surface area contributed by atoms with Crippen LogP contribution in [0.1, 0.15) is 40.5 Å². The van der Waals surface area contributed by atoms with Gasteiger partial charge in [-0.05, 0) is 27.2 Å². The number of carbonyl (C=O) groups is 1. The van der Waals surface area contributed by atoms with Gasteiger partial charge in [0.2, 0.25) is 5.91 Å². The van der Waals surface area contributed by atoms with E-state index in [1.54, 1.807) is 6.92 Å². The molecule has 0 saturated heterocycles. The molecule has 0 atom stereocenters. The molecule has 0 aromatic carbocycles. The molecule has 0 unspecified atom stereocenters. The summed E-state index contributed by atoms with van der Waals surface area (Å²) in [7, 11) is -3.13. The Morgan fingerprint density at radius 1 is 1.44 bits per heavy atom. The zero-order chi connectivity index (χ0) is 13.4. The summed E-state index contributed by atoms with van der Waals surface area (Å²) >= 11 is 0. The zero-order valence-corrected chi connectivity index (χ0v) is 11.3. The molecule has 5 nitrogen and oxygen atoms in total. The second-order valence-electron chi connectivity index (χ2n) is 4.15. The first-order valence-corrected chi connectivity index (χ1v) is 6.32. The molecule has 0 aliphatic heterocycles. The van der Waals surface area contributed by atoms with Crippen molar-refractivity contribution in [2.24, 2.45) is 0 Å². The standard InChI is InChI=1S/C10H19NO.H3O3P/c1-6-7-10(4,5)11-9(12)8(2)3;1-4(2)3/h2,6-7H2,1,3-5H3,(H,11,12);4H,(H2,1,2,3). The smallest absolute Gasteiger partial charge is 0.314 e. The van der Waals surface area contributed by atoms with Gasteiger partial charge in [-0.2, -0.15) is 0 Å². The lowest BCUT2D eigenvalue weighted by atomic mass is 9.98. The van der Waals surface area contributed by atoms with E-state index in [1.165, 1.54) is 0 Å². The van der Waals surface area contributed by atoms with Crippen molar-refractivity contribution in [2.45, 2.75) is 46.1 Å². The molecular weight excluding hydrogens is 229 g/mol. The van der Waals surface area contributed by atoms with Gasteiger partial charge in [-0.3, -0.25) is 9.36 Å². The Morgan fingerprint density at radius 2 is 1.81 bits per heavy atom. The van der Waals surface area contributed by atoms with Crippen molar-refractivity contribution in [2.75, 3.05) is 0 Å². The second-order valence-corrected chi connectivity index (χ2v) is 4.72. The van der Waals surface area contributed by atoms with E-state index in [1.807, 2.05) is 13.8 Å². The average molecular weight is 251 g/mol. The molecule has 6 heteroatoms. The van der Waals surface area contributed by atoms with Crippen molar-refractivity contribution in [1.82, 2.24) is 5.32 Å². The minimum absolute atomic E-state index is 0.0477. The maximum absolute atomic E-state index is 11.2. The van der Waals surface area contributed by atoms with Crippen LogP contribution in [0.5, 0.6) is 0 Å². The molecule has 1 amide bonds. The predicted molar refractivity (Wildman–Crippen MR) is 65.4 cm³/mol. The van der Waals surface area contributed by atoms with Crippen molar-refractivity contribution < 1.29 is 19.1 Å². The highest BCUT2D eigenvalue weighted by atomic mass is 31.1. The van der Waals surface area contributed by atoms with Crippen molar-refractivity contribution in [3.63, 3.8) is 0 Å². The molecule has 0 aliphatic carbocycles. The van der Waals surface area contributed by atoms with Gasteiger partial charge >= 0.3 is 8.25 Å². The van der Waals surface area contributed by atoms with Crippen LogP contribution in [0.15, 0.2) is 12.2 Å². The van der Waals surface area contributed by atoms with Gasteiger partial charge in [0.1, 0.15) is 0 Å². The Labute approximate surface area is 97.5 Å². The zero-order valence-electron chi connectivity index (χ0n) is 10.3. The van der Waals surface area contributed by atoms with Crippen molar-refractivity contribution >= 4 is 14.2 Å². The van der Waals surface area contributed by atoms with E-state index < -0.39 is 8.25 Å². The second kappa shape index (κ2) is 8.50. The van der Waals surface area contributed by atoms with Gasteiger partial charge in [-0.1, -0.05) is 19.9 Å². The van der Waals surface area contributed by atoms with E-state index in [2.05, 4.69) is 18.8 Å². The number of hydrogen-bond acceptors (Lipinski definition) is 2. The largest absolute Gasteiger partial charge is 0.347 e. The van der Waals surface area contributed by atoms with E-state index in [-0.39, 0.29) is 11.4 Å². The Bertz CT molecular complexity index is 260. The first-order valence-electron chi connectivity index (χ1n) is 5.02. The highest BCUT2D eigenvalue weighted by Gasteiger charge is 2.18. The molecule has 0 aromatic rings. The highest BCUT2D eigenvalue weighted by molar-refractivity contribution is 7.30. The minimum Gasteiger partial charge on any atom is -0.347 e. The van der Waals surface area contributed by atoms with E-state index in [0.717, 1.165) is 12.8 Å². The Balaban J connectivity index is 0. The molecule has 0 aromatic heterocycles. The van der Waals surface area contributed by atoms with Crippen molar-refractivity contribution in [3.8, 4) is 0 Å². The third-order valence-corrected chi connectivity index (χ3v) is 1.71. The maximum atomic E-state index is 11.2. The predicted octanol–water partition coefficient (Wildman–Crippen LogP) is 1.62. The topological polar surface area (TPSA) is 86.6 Å². The molecule has 0 radical (unpaired) electrons. The van der Waals surface area contributed by atoms with Crippen LogP contribution in [0.2, 0.25) is 0 Å². The SMILES string of the molecule is C=C(C)C(=O)NC(C)(C)CCC.O=[PH](O)O. The van der Waals surface area contributed by atoms with Crippen LogP contribution in [-0.4, -0.2) is 21.2 Å². The molecule has 3 N–H and O–H groups in total. The number of nitrogens with one attached hydrogen (secondary N) is 1. The van der Waals surface area contributed by atoms with Gasteiger partial charge in [-0.15, -0.1) is 0 Å². The van der Waals surface area contributed by atoms with Gasteiger partial charge in [0.25, 0.3) is 0 Å². The molecule has 0 spiro atoms. The maximum Gasteiger partial charge on any atom is 0.314 e. The van der Waals surface area contributed by atoms with Gasteiger partial charge < -0.3 is 15.1 Å². The monoisotopic (exact) mass is 251 g/mol. The normalized spacial score (nSPS) is 10.4. The summed E-state index contributed by atoms with van der Waals surface area (Å²) in [6.07, 6.45) is 2.06. The van der Waals surface area contributed by atoms with Crippen molar-refractivity contribution in [3.05, 3.63) is 12.2 Å². The van der Waals surface area contributed by atoms with Gasteiger partial charge in [0.05, 0.1) is 0 Å². The van der Waals surface area contributed by atoms with Crippen LogP contribution in [0.3, 0.4) is 0 Å². The number of rotatable bonds is 4. The summed E-state index contributed by atoms with van der Waals surface area (Å²) in [4.78, 5) is 25.5. The molecule has 0 aliphatic rings. The molecular formula is C10H22NO4P. The van der Waals surface area contributed by atoms with Crippen LogP contribution in [0, 0.1) is 0 Å². The van der Waals surface area contributed by atoms with Gasteiger partial charge in [0.15, 0.2) is 0 Å². The third-order valence-electron chi connectivity index (χ3n) is 1.71. The fourth-order valence-electron chi connectivity index (χ4n) is 1.10. The lowest BCUT2D eigenvalue weighted by molar-refractivity contribution is -0.119. The lowest BCUT2D eigenvalue weighted by Crippen LogP contribution is -2.43. The highest BCUT2D eigenvalue weighted by Crippen LogP contribution is 2.11. The first kappa shape index (κ1) is 17.7. The summed E-state index contributed by atoms with van der Waals surface area (Å²) in [5.74, 6) is -0.0477. The number of amides is 1. The molecule has 16 heavy (non-hydrogen) atoms. The molecule has 0 saturated carbocycles. The van der Waals surface area contributed by atoms with Crippen LogP contribution in [0.4, 0.5) is 0 Å². The minimum atomic E-state index is -3.13. The van der Waals surface area contributed by atoms with E-state index in [0.29, 0.717) is 5.57 Å². The first-order chi connectivity index (χ1) is 7.12. The molecule has 0 heterocycles. The van der Waals surface area contributed by atoms with E-state index in [4.69, 9.17) is 14.4 Å². The van der Waals surface area contributed by atoms with Crippen LogP contribution < -0.4 is 5.32 Å². The van der Waals surface area contributed by atoms with Crippen LogP contribution >= 0.6 is 8.25 Å². The Hall–Kier alpha value is -0.640. The molecule has 0 bridgehead atoms. The summed E-state index contributed by atoms with van der Waals surface area (Å²) in [5, 5.41) is 2.92. The number of carbonyl (C=O) groups excluding carboxylic acids is 1. The van der Waals surface area contributed by atoms with E-state index in [9.17, 15) is 4.79 Å². The molecule has 0 rings (SSSR count). The van der Waals surface area contributed by atoms with Gasteiger partial charge in [0, 0.05) is 11.1 Å². The Morgan fingerprint density at radius 3 is 2.06 bits per heavy atom. The van der Waals surface area contributed by atoms with Crippen LogP contribution in [-0.2, 0) is 9.36 Å². The fraction of sp³-hybridized carbons (Fsp3) is 0.700. The summed E-state index contributed by atoms with van der Waals surface area (Å²) in [6, 6.07) is 0. The molecule has 96 valence electrons. The average Bonchev–Trinajstić information content (AvgIpc) is 2.01. The summed E-state index contributed by atoms with van der Waals surface area (Å²) < 4.78 is 8.74. The Kier molecular flexibility index (Phi) is 9.43. The molecule has 0 fully saturated rings. The quantitative estimate of drug-likeness (QED) is 0.523. The summed E-state index contributed by atoms with van der Waals surface area (Å²) in [5.41, 5.74) is 0.462. The van der Waals surface area contributed by atoms with Crippen molar-refractivity contribution in [1.29, 1.82) is 0 Å². The van der Waals surface area contributed by atoms with E-state index >= 15 is 0 Å². The lowest BCUT2D eigenvalue weighted by Gasteiger charge is -2.25. The van der Waals surface area contributed by atoms with Gasteiger partial charge in [-0.25, -0.2) is 0 Å².